The van der Waals surface area contributed by atoms with Gasteiger partial charge in [0.1, 0.15) is 97.3 Å². The molecule has 0 radical (unpaired) electrons. The van der Waals surface area contributed by atoms with Crippen LogP contribution in [0.25, 0.3) is 0 Å². The lowest BCUT2D eigenvalue weighted by atomic mass is 9.44. The molecule has 0 bridgehead atoms. The number of piperidine rings is 1. The second-order valence-corrected chi connectivity index (χ2v) is 24.0. The lowest BCUT2D eigenvalue weighted by Gasteiger charge is -2.61. The van der Waals surface area contributed by atoms with Gasteiger partial charge in [0.15, 0.2) is 25.2 Å². The van der Waals surface area contributed by atoms with Crippen LogP contribution in [0.15, 0.2) is 0 Å². The zero-order valence-corrected chi connectivity index (χ0v) is 41.8. The van der Waals surface area contributed by atoms with Gasteiger partial charge in [-0.05, 0) is 111 Å². The summed E-state index contributed by atoms with van der Waals surface area (Å²) in [7, 11) is 0. The Labute approximate surface area is 420 Å². The Bertz CT molecular complexity index is 1830. The Morgan fingerprint density at radius 1 is 0.542 bits per heavy atom. The highest BCUT2D eigenvalue weighted by molar-refractivity contribution is 5.16. The Morgan fingerprint density at radius 3 is 1.88 bits per heavy atom. The van der Waals surface area contributed by atoms with Crippen molar-refractivity contribution in [3.05, 3.63) is 0 Å². The van der Waals surface area contributed by atoms with Crippen molar-refractivity contribution in [3.8, 4) is 0 Å². The predicted octanol–water partition coefficient (Wildman–Crippen LogP) is -2.70. The van der Waals surface area contributed by atoms with Gasteiger partial charge in [0.05, 0.1) is 38.6 Å². The molecule has 0 unspecified atom stereocenters. The van der Waals surface area contributed by atoms with Gasteiger partial charge in [-0.1, -0.05) is 27.7 Å². The number of nitrogens with one attached hydrogen (secondary N) is 1. The highest BCUT2D eigenvalue weighted by Crippen LogP contribution is 2.71. The first-order chi connectivity index (χ1) is 34.3. The van der Waals surface area contributed by atoms with Crippen molar-refractivity contribution in [2.45, 2.75) is 227 Å². The molecule has 22 heteroatoms. The zero-order chi connectivity index (χ0) is 51.3. The third kappa shape index (κ3) is 9.26. The fourth-order valence-corrected chi connectivity index (χ4v) is 16.1. The van der Waals surface area contributed by atoms with Gasteiger partial charge in [0.2, 0.25) is 0 Å². The Balaban J connectivity index is 0.812. The van der Waals surface area contributed by atoms with Crippen LogP contribution < -0.4 is 5.32 Å². The van der Waals surface area contributed by atoms with Crippen LogP contribution in [-0.4, -0.2) is 229 Å². The summed E-state index contributed by atoms with van der Waals surface area (Å²) in [6.07, 6.45) is -22.4. The van der Waals surface area contributed by atoms with Gasteiger partial charge in [-0.2, -0.15) is 0 Å². The molecule has 10 aliphatic rings. The lowest BCUT2D eigenvalue weighted by Crippen LogP contribution is -2.68. The summed E-state index contributed by atoms with van der Waals surface area (Å²) >= 11 is 0. The molecule has 6 heterocycles. The maximum absolute atomic E-state index is 11.8. The Hall–Kier alpha value is -0.880. The summed E-state index contributed by atoms with van der Waals surface area (Å²) in [4.78, 5) is 0. The number of fused-ring (bicyclic) bond motifs is 7. The number of aliphatic hydroxyl groups is 12. The monoisotopic (exact) mass is 1030 g/mol. The van der Waals surface area contributed by atoms with E-state index in [1.807, 2.05) is 0 Å². The van der Waals surface area contributed by atoms with Crippen LogP contribution in [0.1, 0.15) is 91.9 Å². The van der Waals surface area contributed by atoms with Crippen molar-refractivity contribution in [1.29, 1.82) is 0 Å². The van der Waals surface area contributed by atoms with E-state index >= 15 is 0 Å². The predicted molar refractivity (Wildman–Crippen MR) is 244 cm³/mol. The molecule has 10 rings (SSSR count). The van der Waals surface area contributed by atoms with Crippen LogP contribution in [-0.2, 0) is 42.6 Å². The number of ether oxygens (including phenoxy) is 9. The summed E-state index contributed by atoms with van der Waals surface area (Å²) in [6.45, 7) is 7.84. The van der Waals surface area contributed by atoms with E-state index in [-0.39, 0.29) is 28.8 Å². The summed E-state index contributed by atoms with van der Waals surface area (Å²) < 4.78 is 55.0. The molecule has 0 aromatic carbocycles. The molecular weight excluding hydrogens is 951 g/mol. The summed E-state index contributed by atoms with van der Waals surface area (Å²) in [5.41, 5.74) is 0.147. The summed E-state index contributed by atoms with van der Waals surface area (Å²) in [5.74, 6) is 3.87. The van der Waals surface area contributed by atoms with Gasteiger partial charge in [0.25, 0.3) is 0 Å². The average molecular weight is 1030 g/mol. The number of hydrogen-bond acceptors (Lipinski definition) is 22. The second-order valence-electron chi connectivity index (χ2n) is 24.0. The minimum atomic E-state index is -1.99. The van der Waals surface area contributed by atoms with E-state index in [1.165, 1.54) is 19.3 Å². The molecule has 72 heavy (non-hydrogen) atoms. The van der Waals surface area contributed by atoms with Crippen molar-refractivity contribution in [2.24, 2.45) is 52.3 Å². The number of aliphatic hydroxyl groups excluding tert-OH is 12. The third-order valence-corrected chi connectivity index (χ3v) is 20.2. The Kier molecular flexibility index (Phi) is 15.9. The first kappa shape index (κ1) is 54.5. The largest absolute Gasteiger partial charge is 0.394 e. The Morgan fingerprint density at radius 2 is 1.17 bits per heavy atom. The second kappa shape index (κ2) is 21.1. The van der Waals surface area contributed by atoms with Gasteiger partial charge < -0.3 is 104 Å². The first-order valence-electron chi connectivity index (χ1n) is 26.8. The zero-order valence-electron chi connectivity index (χ0n) is 41.8. The molecule has 0 amide bonds. The van der Waals surface area contributed by atoms with E-state index in [2.05, 4.69) is 33.0 Å². The maximum atomic E-state index is 11.8. The van der Waals surface area contributed by atoms with E-state index in [4.69, 9.17) is 42.6 Å². The molecule has 0 aromatic heterocycles. The molecule has 414 valence electrons. The quantitative estimate of drug-likeness (QED) is 0.0937. The van der Waals surface area contributed by atoms with E-state index in [0.717, 1.165) is 45.1 Å². The number of hydrogen-bond donors (Lipinski definition) is 13. The smallest absolute Gasteiger partial charge is 0.187 e. The molecule has 6 aliphatic heterocycles. The van der Waals surface area contributed by atoms with E-state index < -0.39 is 143 Å². The normalized spacial score (nSPS) is 57.8. The highest BCUT2D eigenvalue weighted by Gasteiger charge is 2.69. The highest BCUT2D eigenvalue weighted by atomic mass is 16.8. The summed E-state index contributed by atoms with van der Waals surface area (Å²) in [6, 6.07) is 0. The third-order valence-electron chi connectivity index (χ3n) is 20.2. The van der Waals surface area contributed by atoms with Crippen molar-refractivity contribution in [2.75, 3.05) is 33.0 Å². The molecule has 31 atom stereocenters. The molecule has 4 saturated carbocycles. The van der Waals surface area contributed by atoms with Crippen LogP contribution in [0.2, 0.25) is 0 Å². The van der Waals surface area contributed by atoms with E-state index in [1.54, 1.807) is 0 Å². The van der Waals surface area contributed by atoms with Crippen LogP contribution in [0.5, 0.6) is 0 Å². The van der Waals surface area contributed by atoms with Gasteiger partial charge >= 0.3 is 0 Å². The van der Waals surface area contributed by atoms with Crippen molar-refractivity contribution >= 4 is 0 Å². The molecule has 13 N–H and O–H groups in total. The average Bonchev–Trinajstić information content (AvgIpc) is 3.82. The minimum Gasteiger partial charge on any atom is -0.394 e. The van der Waals surface area contributed by atoms with Gasteiger partial charge in [-0.25, -0.2) is 0 Å². The van der Waals surface area contributed by atoms with Crippen LogP contribution in [0.4, 0.5) is 0 Å². The maximum Gasteiger partial charge on any atom is 0.187 e. The molecule has 4 aliphatic carbocycles. The van der Waals surface area contributed by atoms with Gasteiger partial charge in [-0.15, -0.1) is 0 Å². The van der Waals surface area contributed by atoms with Crippen molar-refractivity contribution in [3.63, 3.8) is 0 Å². The molecular formula is C50H83NO21. The molecule has 1 spiro atoms. The molecule has 10 fully saturated rings. The van der Waals surface area contributed by atoms with Crippen LogP contribution in [0, 0.1) is 52.3 Å². The lowest BCUT2D eigenvalue weighted by molar-refractivity contribution is -0.404. The van der Waals surface area contributed by atoms with E-state index in [9.17, 15) is 61.3 Å². The fourth-order valence-electron chi connectivity index (χ4n) is 16.1. The standard InChI is InChI=1S/C50H83NO21/c1-20-7-12-50(51-15-20)21(2)32-28(72-50)14-26-24-6-5-22-13-23(8-10-48(22,3)25(24)9-11-49(26,32)4)65-45-40(63)37(60)41(31(18-54)68-45)69-47-43(71-46-39(62)36(59)34(57)29(16-52)66-46)42(35(58)30(17-53)67-47)70-44-38(61)33(56)27(55)19-64-44/h20-47,51-63H,5-19H2,1-4H3/t20-,21+,22+,23+,24-,25+,26+,27-,28+,29-,30-,31-,32+,33+,34-,35-,36+,37-,38-,39-,40-,41+,42+,43-,44+,45-,46+,47+,48+,49+,50-/m1/s1. The first-order valence-corrected chi connectivity index (χ1v) is 26.8. The van der Waals surface area contributed by atoms with Crippen molar-refractivity contribution < 1.29 is 104 Å². The van der Waals surface area contributed by atoms with E-state index in [0.29, 0.717) is 47.8 Å². The molecule has 0 aromatic rings. The topological polar surface area (TPSA) is 338 Å². The van der Waals surface area contributed by atoms with Crippen LogP contribution >= 0.6 is 0 Å². The minimum absolute atomic E-state index is 0.104. The van der Waals surface area contributed by atoms with Gasteiger partial charge in [-0.3, -0.25) is 5.32 Å². The van der Waals surface area contributed by atoms with Gasteiger partial charge in [0, 0.05) is 12.5 Å². The fraction of sp³-hybridized carbons (Fsp3) is 1.00. The SMILES string of the molecule is C[C@@H]1CC[C@@]2(NC1)O[C@H]1C[C@H]3[C@@H]4CC[C@H]5C[C@@H](O[C@@H]6O[C@H](CO)[C@H](O[C@@H]7O[C@H](CO)[C@@H](O)[C@H](O[C@@H]8OC[C@@H](O)[C@H](O)[C@H]8O)[C@H]7O[C@@H]7O[C@H](CO)[C@@H](O)[C@H](O)[C@H]7O)[C@H](O)[C@H]6O)CC[C@]5(C)[C@H]4CC[C@]3(C)[C@H]1[C@@H]2C. The van der Waals surface area contributed by atoms with Crippen molar-refractivity contribution in [1.82, 2.24) is 5.32 Å². The molecule has 6 saturated heterocycles. The summed E-state index contributed by atoms with van der Waals surface area (Å²) in [5, 5.41) is 133. The molecule has 22 nitrogen and oxygen atoms in total. The van der Waals surface area contributed by atoms with Crippen LogP contribution in [0.3, 0.4) is 0 Å². The number of rotatable bonds is 11.